The second-order valence-electron chi connectivity index (χ2n) is 9.19. The second kappa shape index (κ2) is 10.6. The Morgan fingerprint density at radius 3 is 2.85 bits per heavy atom. The number of rotatable bonds is 7. The first-order valence-corrected chi connectivity index (χ1v) is 12.7. The molecule has 0 saturated carbocycles. The van der Waals surface area contributed by atoms with Gasteiger partial charge in [0.05, 0.1) is 10.5 Å². The maximum absolute atomic E-state index is 12.5. The van der Waals surface area contributed by atoms with E-state index in [1.165, 1.54) is 6.33 Å². The molecule has 11 nitrogen and oxygen atoms in total. The predicted octanol–water partition coefficient (Wildman–Crippen LogP) is 4.85. The van der Waals surface area contributed by atoms with E-state index >= 15 is 0 Å². The van der Waals surface area contributed by atoms with Crippen molar-refractivity contribution in [2.24, 2.45) is 0 Å². The van der Waals surface area contributed by atoms with Crippen molar-refractivity contribution in [2.45, 2.75) is 18.9 Å². The van der Waals surface area contributed by atoms with Crippen LogP contribution in [0.25, 0.3) is 16.6 Å². The molecule has 3 aromatic heterocycles. The van der Waals surface area contributed by atoms with Crippen molar-refractivity contribution in [1.82, 2.24) is 34.4 Å². The second-order valence-corrected chi connectivity index (χ2v) is 9.60. The van der Waals surface area contributed by atoms with E-state index in [2.05, 4.69) is 47.7 Å². The van der Waals surface area contributed by atoms with Gasteiger partial charge >= 0.3 is 0 Å². The molecule has 1 unspecified atom stereocenters. The number of amides is 1. The number of nitrogens with zero attached hydrogens (tertiary/aromatic N) is 7. The number of benzene rings is 2. The molecular weight excluding hydrogens is 518 g/mol. The molecule has 2 aromatic carbocycles. The molecule has 0 spiro atoms. The molecule has 6 rings (SSSR count). The fraction of sp³-hybridized carbons (Fsp3) is 0.185. The number of aromatic nitrogens is 6. The first kappa shape index (κ1) is 24.7. The molecule has 0 radical (unpaired) electrons. The minimum absolute atomic E-state index is 0.180. The van der Waals surface area contributed by atoms with Gasteiger partial charge in [0.25, 0.3) is 0 Å². The van der Waals surface area contributed by atoms with Crippen LogP contribution in [-0.4, -0.2) is 60.0 Å². The number of fused-ring (bicyclic) bond motifs is 2. The first-order valence-electron chi connectivity index (χ1n) is 12.4. The van der Waals surface area contributed by atoms with Gasteiger partial charge in [-0.3, -0.25) is 14.1 Å². The average Bonchev–Trinajstić information content (AvgIpc) is 3.57. The number of carbonyl (C=O) groups is 1. The van der Waals surface area contributed by atoms with Crippen molar-refractivity contribution in [2.75, 3.05) is 24.2 Å². The van der Waals surface area contributed by atoms with Gasteiger partial charge < -0.3 is 15.4 Å². The maximum Gasteiger partial charge on any atom is 0.248 e. The number of nitrogens with one attached hydrogen (secondary N) is 2. The molecule has 4 heterocycles. The van der Waals surface area contributed by atoms with Gasteiger partial charge in [0.15, 0.2) is 5.65 Å². The highest BCUT2D eigenvalue weighted by Crippen LogP contribution is 2.33. The Morgan fingerprint density at radius 2 is 2.00 bits per heavy atom. The number of likely N-dealkylation sites (N-methyl/N-ethyl adjacent to an activating group) is 1. The standard InChI is InChI=1S/C27H24ClN9O2/c1-36-10-2-3-19(36)6-9-25(38)33-17-4-7-22-20(11-17)27(30-14-29-22)34-18-5-8-23(21(28)12-18)39-26-13-24-35-32-16-37(24)15-31-26/h4-9,11-16,19H,2-3,10H2,1H3,(H,33,38)(H,29,30,34). The zero-order chi connectivity index (χ0) is 26.8. The predicted molar refractivity (Wildman–Crippen MR) is 149 cm³/mol. The lowest BCUT2D eigenvalue weighted by atomic mass is 10.2. The summed E-state index contributed by atoms with van der Waals surface area (Å²) in [5.74, 6) is 1.18. The van der Waals surface area contributed by atoms with Gasteiger partial charge in [-0.15, -0.1) is 10.2 Å². The summed E-state index contributed by atoms with van der Waals surface area (Å²) in [6.45, 7) is 1.05. The van der Waals surface area contributed by atoms with E-state index < -0.39 is 0 Å². The highest BCUT2D eigenvalue weighted by Gasteiger charge is 2.18. The quantitative estimate of drug-likeness (QED) is 0.278. The Labute approximate surface area is 228 Å². The summed E-state index contributed by atoms with van der Waals surface area (Å²) in [4.78, 5) is 27.8. The fourth-order valence-electron chi connectivity index (χ4n) is 4.47. The van der Waals surface area contributed by atoms with E-state index in [-0.39, 0.29) is 5.91 Å². The summed E-state index contributed by atoms with van der Waals surface area (Å²) in [5, 5.41) is 15.2. The van der Waals surface area contributed by atoms with Gasteiger partial charge in [-0.2, -0.15) is 0 Å². The van der Waals surface area contributed by atoms with Crippen LogP contribution in [0.15, 0.2) is 73.6 Å². The molecule has 2 N–H and O–H groups in total. The Kier molecular flexibility index (Phi) is 6.74. The number of carbonyl (C=O) groups excluding carboxylic acids is 1. The maximum atomic E-state index is 12.5. The molecular formula is C27H24ClN9O2. The van der Waals surface area contributed by atoms with E-state index in [1.807, 2.05) is 30.3 Å². The summed E-state index contributed by atoms with van der Waals surface area (Å²) < 4.78 is 7.52. The van der Waals surface area contributed by atoms with Crippen LogP contribution in [0.3, 0.4) is 0 Å². The number of hydrogen-bond donors (Lipinski definition) is 2. The van der Waals surface area contributed by atoms with Crippen molar-refractivity contribution < 1.29 is 9.53 Å². The topological polar surface area (TPSA) is 122 Å². The van der Waals surface area contributed by atoms with Crippen LogP contribution >= 0.6 is 11.6 Å². The molecule has 12 heteroatoms. The van der Waals surface area contributed by atoms with Gasteiger partial charge in [0.2, 0.25) is 11.8 Å². The SMILES string of the molecule is CN1CCCC1C=CC(=O)Nc1ccc2ncnc(Nc3ccc(Oc4cc5nncn5cn4)c(Cl)c3)c2c1. The van der Waals surface area contributed by atoms with Crippen LogP contribution in [0, 0.1) is 0 Å². The zero-order valence-electron chi connectivity index (χ0n) is 21.0. The Morgan fingerprint density at radius 1 is 1.10 bits per heavy atom. The largest absolute Gasteiger partial charge is 0.437 e. The monoisotopic (exact) mass is 541 g/mol. The average molecular weight is 542 g/mol. The third-order valence-electron chi connectivity index (χ3n) is 6.52. The van der Waals surface area contributed by atoms with Crippen LogP contribution in [0.4, 0.5) is 17.2 Å². The Balaban J connectivity index is 1.18. The summed E-state index contributed by atoms with van der Waals surface area (Å²) in [7, 11) is 2.07. The minimum Gasteiger partial charge on any atom is -0.437 e. The van der Waals surface area contributed by atoms with E-state index in [0.717, 1.165) is 30.3 Å². The van der Waals surface area contributed by atoms with Crippen LogP contribution in [-0.2, 0) is 4.79 Å². The summed E-state index contributed by atoms with van der Waals surface area (Å²) in [6.07, 6.45) is 10.4. The lowest BCUT2D eigenvalue weighted by Gasteiger charge is -2.14. The summed E-state index contributed by atoms with van der Waals surface area (Å²) in [6, 6.07) is 12.8. The lowest BCUT2D eigenvalue weighted by molar-refractivity contribution is -0.111. The molecule has 1 saturated heterocycles. The molecule has 0 aliphatic carbocycles. The summed E-state index contributed by atoms with van der Waals surface area (Å²) >= 11 is 6.51. The molecule has 0 bridgehead atoms. The van der Waals surface area contributed by atoms with Crippen molar-refractivity contribution in [3.8, 4) is 11.6 Å². The Hall–Kier alpha value is -4.61. The van der Waals surface area contributed by atoms with E-state index in [1.54, 1.807) is 41.3 Å². The van der Waals surface area contributed by atoms with Gasteiger partial charge in [0.1, 0.15) is 30.5 Å². The van der Waals surface area contributed by atoms with Crippen LogP contribution in [0.2, 0.25) is 5.02 Å². The van der Waals surface area contributed by atoms with E-state index in [4.69, 9.17) is 16.3 Å². The van der Waals surface area contributed by atoms with Gasteiger partial charge in [-0.05, 0) is 62.8 Å². The molecule has 1 amide bonds. The van der Waals surface area contributed by atoms with Crippen LogP contribution < -0.4 is 15.4 Å². The Bertz CT molecular complexity index is 1700. The first-order chi connectivity index (χ1) is 19.0. The van der Waals surface area contributed by atoms with Crippen molar-refractivity contribution >= 4 is 51.3 Å². The number of likely N-dealkylation sites (tertiary alicyclic amines) is 1. The minimum atomic E-state index is -0.180. The molecule has 5 aromatic rings. The van der Waals surface area contributed by atoms with Gasteiger partial charge in [0, 0.05) is 34.9 Å². The molecule has 196 valence electrons. The van der Waals surface area contributed by atoms with E-state index in [9.17, 15) is 4.79 Å². The smallest absolute Gasteiger partial charge is 0.248 e. The van der Waals surface area contributed by atoms with Crippen LogP contribution in [0.1, 0.15) is 12.8 Å². The van der Waals surface area contributed by atoms with Crippen molar-refractivity contribution in [3.05, 3.63) is 78.6 Å². The van der Waals surface area contributed by atoms with E-state index in [0.29, 0.717) is 45.5 Å². The van der Waals surface area contributed by atoms with Crippen molar-refractivity contribution in [3.63, 3.8) is 0 Å². The number of ether oxygens (including phenoxy) is 1. The third kappa shape index (κ3) is 5.49. The van der Waals surface area contributed by atoms with Crippen molar-refractivity contribution in [1.29, 1.82) is 0 Å². The van der Waals surface area contributed by atoms with Gasteiger partial charge in [-0.25, -0.2) is 15.0 Å². The highest BCUT2D eigenvalue weighted by molar-refractivity contribution is 6.32. The molecule has 1 aliphatic heterocycles. The summed E-state index contributed by atoms with van der Waals surface area (Å²) in [5.41, 5.74) is 2.69. The number of hydrogen-bond acceptors (Lipinski definition) is 9. The van der Waals surface area contributed by atoms with Crippen LogP contribution in [0.5, 0.6) is 11.6 Å². The fourth-order valence-corrected chi connectivity index (χ4v) is 4.69. The number of anilines is 3. The molecule has 39 heavy (non-hydrogen) atoms. The zero-order valence-corrected chi connectivity index (χ0v) is 21.7. The van der Waals surface area contributed by atoms with Gasteiger partial charge in [-0.1, -0.05) is 17.7 Å². The normalized spacial score (nSPS) is 15.8. The lowest BCUT2D eigenvalue weighted by Crippen LogP contribution is -2.23. The molecule has 1 aliphatic rings. The number of halogens is 1. The molecule has 1 atom stereocenters. The molecule has 1 fully saturated rings. The third-order valence-corrected chi connectivity index (χ3v) is 6.82. The highest BCUT2D eigenvalue weighted by atomic mass is 35.5.